The van der Waals surface area contributed by atoms with Crippen molar-refractivity contribution in [1.29, 1.82) is 0 Å². The molecular weight excluding hydrogens is 518 g/mol. The van der Waals surface area contributed by atoms with Crippen LogP contribution in [0.4, 0.5) is 5.69 Å². The smallest absolute Gasteiger partial charge is 0.174 e. The molecule has 40 heavy (non-hydrogen) atoms. The zero-order valence-corrected chi connectivity index (χ0v) is 24.5. The first-order valence-corrected chi connectivity index (χ1v) is 15.2. The van der Waals surface area contributed by atoms with Gasteiger partial charge in [0.2, 0.25) is 0 Å². The van der Waals surface area contributed by atoms with E-state index in [2.05, 4.69) is 76.0 Å². The van der Waals surface area contributed by atoms with E-state index in [0.717, 1.165) is 80.9 Å². The third kappa shape index (κ3) is 5.76. The SMILES string of the molecule is Cc1cc([C@@H]2[C@@H](c3ccccn3)NC(=S)N2c2ccc(OC3CCCC3)cc2)c(C)n1CCCN1CCOCC1. The average molecular weight is 560 g/mol. The number of hydrogen-bond acceptors (Lipinski definition) is 5. The van der Waals surface area contributed by atoms with Gasteiger partial charge in [-0.1, -0.05) is 6.07 Å². The summed E-state index contributed by atoms with van der Waals surface area (Å²) in [7, 11) is 0. The molecular formula is C32H41N5O2S. The molecule has 1 saturated carbocycles. The van der Waals surface area contributed by atoms with Crippen LogP contribution in [0.1, 0.15) is 66.8 Å². The Morgan fingerprint density at radius 2 is 1.80 bits per heavy atom. The van der Waals surface area contributed by atoms with Crippen molar-refractivity contribution in [2.45, 2.75) is 70.7 Å². The lowest BCUT2D eigenvalue weighted by Crippen LogP contribution is -2.37. The van der Waals surface area contributed by atoms with Gasteiger partial charge in [0.05, 0.1) is 37.1 Å². The monoisotopic (exact) mass is 559 g/mol. The Morgan fingerprint density at radius 1 is 1.02 bits per heavy atom. The molecule has 0 radical (unpaired) electrons. The molecule has 1 aromatic carbocycles. The second-order valence-corrected chi connectivity index (χ2v) is 11.7. The van der Waals surface area contributed by atoms with E-state index in [1.807, 2.05) is 12.3 Å². The van der Waals surface area contributed by atoms with Crippen LogP contribution >= 0.6 is 12.2 Å². The van der Waals surface area contributed by atoms with Crippen LogP contribution in [0.3, 0.4) is 0 Å². The van der Waals surface area contributed by atoms with E-state index >= 15 is 0 Å². The minimum atomic E-state index is -0.0505. The molecule has 1 N–H and O–H groups in total. The number of benzene rings is 1. The van der Waals surface area contributed by atoms with E-state index in [1.54, 1.807) is 0 Å². The normalized spacial score (nSPS) is 22.1. The molecule has 2 aromatic heterocycles. The van der Waals surface area contributed by atoms with Crippen LogP contribution < -0.4 is 15.0 Å². The van der Waals surface area contributed by atoms with Gasteiger partial charge in [0, 0.05) is 49.5 Å². The molecule has 0 unspecified atom stereocenters. The number of aryl methyl sites for hydroxylation is 1. The number of anilines is 1. The van der Waals surface area contributed by atoms with Gasteiger partial charge in [-0.05, 0) is 106 Å². The summed E-state index contributed by atoms with van der Waals surface area (Å²) in [6.45, 7) is 10.3. The summed E-state index contributed by atoms with van der Waals surface area (Å²) in [4.78, 5) is 9.52. The fourth-order valence-electron chi connectivity index (χ4n) is 6.58. The summed E-state index contributed by atoms with van der Waals surface area (Å²) in [5.41, 5.74) is 5.93. The van der Waals surface area contributed by atoms with Gasteiger partial charge < -0.3 is 24.3 Å². The lowest BCUT2D eigenvalue weighted by molar-refractivity contribution is 0.0369. The predicted molar refractivity (Wildman–Crippen MR) is 163 cm³/mol. The summed E-state index contributed by atoms with van der Waals surface area (Å²) in [6.07, 6.45) is 8.15. The molecule has 3 fully saturated rings. The van der Waals surface area contributed by atoms with Gasteiger partial charge in [0.15, 0.2) is 5.11 Å². The molecule has 2 saturated heterocycles. The Labute approximate surface area is 243 Å². The molecule has 3 aromatic rings. The van der Waals surface area contributed by atoms with Crippen LogP contribution in [0.25, 0.3) is 0 Å². The lowest BCUT2D eigenvalue weighted by atomic mass is 9.96. The molecule has 0 bridgehead atoms. The Morgan fingerprint density at radius 3 is 2.52 bits per heavy atom. The highest BCUT2D eigenvalue weighted by Gasteiger charge is 2.42. The second kappa shape index (κ2) is 12.3. The first kappa shape index (κ1) is 27.2. The molecule has 7 nitrogen and oxygen atoms in total. The number of aromatic nitrogens is 2. The first-order chi connectivity index (χ1) is 19.6. The van der Waals surface area contributed by atoms with Gasteiger partial charge in [-0.3, -0.25) is 9.88 Å². The molecule has 1 aliphatic carbocycles. The fraction of sp³-hybridized carbons (Fsp3) is 0.500. The number of rotatable bonds is 9. The third-order valence-corrected chi connectivity index (χ3v) is 9.02. The summed E-state index contributed by atoms with van der Waals surface area (Å²) >= 11 is 5.98. The highest BCUT2D eigenvalue weighted by atomic mass is 32.1. The highest BCUT2D eigenvalue weighted by Crippen LogP contribution is 2.43. The summed E-state index contributed by atoms with van der Waals surface area (Å²) in [6, 6.07) is 16.9. The van der Waals surface area contributed by atoms with Crippen LogP contribution in [0.2, 0.25) is 0 Å². The van der Waals surface area contributed by atoms with Crippen molar-refractivity contribution in [3.8, 4) is 5.75 Å². The van der Waals surface area contributed by atoms with E-state index in [0.29, 0.717) is 6.10 Å². The predicted octanol–water partition coefficient (Wildman–Crippen LogP) is 5.72. The number of pyridine rings is 1. The second-order valence-electron chi connectivity index (χ2n) is 11.3. The number of thiocarbonyl (C=S) groups is 1. The van der Waals surface area contributed by atoms with Crippen molar-refractivity contribution < 1.29 is 9.47 Å². The summed E-state index contributed by atoms with van der Waals surface area (Å²) in [5.74, 6) is 0.935. The standard InChI is InChI=1S/C32H41N5O2S/c1-23-22-28(24(2)36(23)17-7-16-35-18-20-38-21-19-35)31-30(29-10-5-6-15-33-29)34-32(40)37(31)25-11-13-27(14-12-25)39-26-8-3-4-9-26/h5-6,10-15,22,26,30-31H,3-4,7-9,16-21H2,1-2H3,(H,34,40)/t30-,31-/m1/s1. The van der Waals surface area contributed by atoms with Gasteiger partial charge in [-0.2, -0.15) is 0 Å². The zero-order valence-electron chi connectivity index (χ0n) is 23.7. The van der Waals surface area contributed by atoms with Gasteiger partial charge in [-0.15, -0.1) is 0 Å². The largest absolute Gasteiger partial charge is 0.490 e. The lowest BCUT2D eigenvalue weighted by Gasteiger charge is -2.28. The minimum absolute atomic E-state index is 0.0109. The first-order valence-electron chi connectivity index (χ1n) is 14.8. The van der Waals surface area contributed by atoms with Crippen LogP contribution in [0, 0.1) is 13.8 Å². The van der Waals surface area contributed by atoms with Crippen molar-refractivity contribution in [1.82, 2.24) is 19.8 Å². The van der Waals surface area contributed by atoms with Crippen molar-refractivity contribution in [2.75, 3.05) is 37.7 Å². The van der Waals surface area contributed by atoms with Gasteiger partial charge >= 0.3 is 0 Å². The minimum Gasteiger partial charge on any atom is -0.490 e. The van der Waals surface area contributed by atoms with E-state index in [9.17, 15) is 0 Å². The van der Waals surface area contributed by atoms with Gasteiger partial charge in [0.1, 0.15) is 5.75 Å². The van der Waals surface area contributed by atoms with E-state index in [1.165, 1.54) is 29.8 Å². The molecule has 8 heteroatoms. The van der Waals surface area contributed by atoms with Crippen molar-refractivity contribution in [3.63, 3.8) is 0 Å². The van der Waals surface area contributed by atoms with Crippen molar-refractivity contribution in [2.24, 2.45) is 0 Å². The maximum atomic E-state index is 6.25. The van der Waals surface area contributed by atoms with Crippen LogP contribution in [-0.2, 0) is 11.3 Å². The Bertz CT molecular complexity index is 1280. The molecule has 0 spiro atoms. The van der Waals surface area contributed by atoms with Crippen molar-refractivity contribution in [3.05, 3.63) is 77.4 Å². The summed E-state index contributed by atoms with van der Waals surface area (Å²) < 4.78 is 14.2. The highest BCUT2D eigenvalue weighted by molar-refractivity contribution is 7.80. The van der Waals surface area contributed by atoms with E-state index < -0.39 is 0 Å². The average Bonchev–Trinajstić information content (AvgIpc) is 3.69. The third-order valence-electron chi connectivity index (χ3n) is 8.71. The summed E-state index contributed by atoms with van der Waals surface area (Å²) in [5, 5.41) is 4.34. The molecule has 4 heterocycles. The Kier molecular flexibility index (Phi) is 8.37. The quantitative estimate of drug-likeness (QED) is 0.337. The molecule has 2 atom stereocenters. The molecule has 212 valence electrons. The number of morpholine rings is 1. The molecule has 0 amide bonds. The topological polar surface area (TPSA) is 54.8 Å². The molecule has 2 aliphatic heterocycles. The van der Waals surface area contributed by atoms with Gasteiger partial charge in [0.25, 0.3) is 0 Å². The van der Waals surface area contributed by atoms with Crippen LogP contribution in [0.5, 0.6) is 5.75 Å². The number of ether oxygens (including phenoxy) is 2. The molecule has 3 aliphatic rings. The van der Waals surface area contributed by atoms with Crippen LogP contribution in [-0.4, -0.2) is 58.5 Å². The number of hydrogen-bond donors (Lipinski definition) is 1. The van der Waals surface area contributed by atoms with E-state index in [4.69, 9.17) is 26.7 Å². The molecule has 6 rings (SSSR count). The van der Waals surface area contributed by atoms with E-state index in [-0.39, 0.29) is 12.1 Å². The van der Waals surface area contributed by atoms with Gasteiger partial charge in [-0.25, -0.2) is 0 Å². The van der Waals surface area contributed by atoms with Crippen molar-refractivity contribution >= 4 is 23.0 Å². The number of nitrogens with one attached hydrogen (secondary N) is 1. The Balaban J connectivity index is 1.28. The zero-order chi connectivity index (χ0) is 27.5. The maximum Gasteiger partial charge on any atom is 0.174 e. The fourth-order valence-corrected chi connectivity index (χ4v) is 6.93. The van der Waals surface area contributed by atoms with Crippen LogP contribution in [0.15, 0.2) is 54.7 Å². The Hall–Kier alpha value is -2.94. The maximum absolute atomic E-state index is 6.25. The number of nitrogens with zero attached hydrogens (tertiary/aromatic N) is 4.